The molecule has 2 aromatic rings. The van der Waals surface area contributed by atoms with Gasteiger partial charge in [-0.2, -0.15) is 0 Å². The number of aromatic nitrogens is 3. The highest BCUT2D eigenvalue weighted by atomic mass is 16.1. The summed E-state index contributed by atoms with van der Waals surface area (Å²) in [5, 5.41) is 0. The Hall–Kier alpha value is -2.10. The number of ketones is 1. The fourth-order valence-electron chi connectivity index (χ4n) is 1.21. The SMILES string of the molecule is O=C(Cc1cccnc1)c1ncccn1. The van der Waals surface area contributed by atoms with Crippen LogP contribution in [0.2, 0.25) is 0 Å². The van der Waals surface area contributed by atoms with Crippen LogP contribution in [-0.2, 0) is 6.42 Å². The molecule has 0 saturated carbocycles. The average Bonchev–Trinajstić information content (AvgIpc) is 2.31. The Morgan fingerprint density at radius 2 is 1.93 bits per heavy atom. The van der Waals surface area contributed by atoms with E-state index in [1.165, 1.54) is 0 Å². The maximum Gasteiger partial charge on any atom is 0.204 e. The molecular formula is C11H9N3O. The van der Waals surface area contributed by atoms with Crippen LogP contribution in [0, 0.1) is 0 Å². The van der Waals surface area contributed by atoms with Crippen molar-refractivity contribution in [2.45, 2.75) is 6.42 Å². The molecule has 74 valence electrons. The highest BCUT2D eigenvalue weighted by Crippen LogP contribution is 2.01. The number of pyridine rings is 1. The summed E-state index contributed by atoms with van der Waals surface area (Å²) in [5.41, 5.74) is 0.870. The van der Waals surface area contributed by atoms with Crippen molar-refractivity contribution >= 4 is 5.78 Å². The second kappa shape index (κ2) is 4.41. The van der Waals surface area contributed by atoms with E-state index in [-0.39, 0.29) is 18.0 Å². The summed E-state index contributed by atoms with van der Waals surface area (Å²) in [6.07, 6.45) is 6.75. The molecule has 2 aromatic heterocycles. The first-order valence-corrected chi connectivity index (χ1v) is 4.55. The van der Waals surface area contributed by atoms with Gasteiger partial charge in [0.1, 0.15) is 0 Å². The number of hydrogen-bond acceptors (Lipinski definition) is 4. The van der Waals surface area contributed by atoms with Gasteiger partial charge in [0.25, 0.3) is 0 Å². The van der Waals surface area contributed by atoms with Crippen molar-refractivity contribution in [3.63, 3.8) is 0 Å². The number of Topliss-reactive ketones (excluding diaryl/α,β-unsaturated/α-hetero) is 1. The van der Waals surface area contributed by atoms with Gasteiger partial charge in [-0.3, -0.25) is 9.78 Å². The molecule has 0 atom stereocenters. The summed E-state index contributed by atoms with van der Waals surface area (Å²) < 4.78 is 0. The van der Waals surface area contributed by atoms with Crippen molar-refractivity contribution in [3.8, 4) is 0 Å². The van der Waals surface area contributed by atoms with Crippen LogP contribution >= 0.6 is 0 Å². The molecule has 0 fully saturated rings. The van der Waals surface area contributed by atoms with Crippen molar-refractivity contribution in [1.29, 1.82) is 0 Å². The van der Waals surface area contributed by atoms with Gasteiger partial charge < -0.3 is 0 Å². The molecule has 0 bridgehead atoms. The monoisotopic (exact) mass is 199 g/mol. The predicted molar refractivity (Wildman–Crippen MR) is 54.3 cm³/mol. The Kier molecular flexibility index (Phi) is 2.78. The molecule has 0 N–H and O–H groups in total. The smallest absolute Gasteiger partial charge is 0.204 e. The van der Waals surface area contributed by atoms with Gasteiger partial charge in [0.15, 0.2) is 5.82 Å². The van der Waals surface area contributed by atoms with Crippen molar-refractivity contribution in [2.75, 3.05) is 0 Å². The van der Waals surface area contributed by atoms with Gasteiger partial charge in [0.2, 0.25) is 5.78 Å². The third-order valence-corrected chi connectivity index (χ3v) is 1.90. The summed E-state index contributed by atoms with van der Waals surface area (Å²) in [6, 6.07) is 5.34. The third kappa shape index (κ3) is 2.43. The first-order chi connectivity index (χ1) is 7.36. The van der Waals surface area contributed by atoms with Crippen molar-refractivity contribution < 1.29 is 4.79 Å². The van der Waals surface area contributed by atoms with E-state index in [1.54, 1.807) is 36.9 Å². The molecule has 0 aliphatic heterocycles. The Morgan fingerprint density at radius 1 is 1.13 bits per heavy atom. The van der Waals surface area contributed by atoms with Crippen LogP contribution in [0.1, 0.15) is 16.2 Å². The lowest BCUT2D eigenvalue weighted by molar-refractivity contribution is 0.0983. The predicted octanol–water partition coefficient (Wildman–Crippen LogP) is 1.30. The minimum atomic E-state index is -0.0939. The molecule has 0 spiro atoms. The van der Waals surface area contributed by atoms with Crippen LogP contribution in [0.5, 0.6) is 0 Å². The molecule has 0 amide bonds. The minimum Gasteiger partial charge on any atom is -0.290 e. The van der Waals surface area contributed by atoms with Crippen LogP contribution in [0.3, 0.4) is 0 Å². The largest absolute Gasteiger partial charge is 0.290 e. The minimum absolute atomic E-state index is 0.0939. The molecule has 4 nitrogen and oxygen atoms in total. The zero-order valence-corrected chi connectivity index (χ0v) is 8.00. The summed E-state index contributed by atoms with van der Waals surface area (Å²) in [5.74, 6) is 0.157. The van der Waals surface area contributed by atoms with Crippen LogP contribution in [0.25, 0.3) is 0 Å². The Labute approximate surface area is 87.0 Å². The van der Waals surface area contributed by atoms with Crippen LogP contribution in [-0.4, -0.2) is 20.7 Å². The van der Waals surface area contributed by atoms with E-state index in [4.69, 9.17) is 0 Å². The zero-order chi connectivity index (χ0) is 10.5. The van der Waals surface area contributed by atoms with Gasteiger partial charge in [-0.1, -0.05) is 6.07 Å². The van der Waals surface area contributed by atoms with Gasteiger partial charge in [-0.25, -0.2) is 9.97 Å². The normalized spacial score (nSPS) is 9.87. The molecule has 0 aliphatic rings. The number of rotatable bonds is 3. The number of carbonyl (C=O) groups excluding carboxylic acids is 1. The molecule has 4 heteroatoms. The van der Waals surface area contributed by atoms with Gasteiger partial charge in [0.05, 0.1) is 0 Å². The first kappa shape index (κ1) is 9.45. The van der Waals surface area contributed by atoms with E-state index in [0.717, 1.165) is 5.56 Å². The van der Waals surface area contributed by atoms with Gasteiger partial charge >= 0.3 is 0 Å². The number of carbonyl (C=O) groups is 1. The molecule has 0 aliphatic carbocycles. The maximum atomic E-state index is 11.7. The van der Waals surface area contributed by atoms with Crippen LogP contribution in [0.4, 0.5) is 0 Å². The number of nitrogens with zero attached hydrogens (tertiary/aromatic N) is 3. The van der Waals surface area contributed by atoms with Crippen LogP contribution < -0.4 is 0 Å². The highest BCUT2D eigenvalue weighted by molar-refractivity contribution is 5.93. The topological polar surface area (TPSA) is 55.7 Å². The quantitative estimate of drug-likeness (QED) is 0.699. The van der Waals surface area contributed by atoms with Gasteiger partial charge in [-0.15, -0.1) is 0 Å². The molecule has 2 rings (SSSR count). The average molecular weight is 199 g/mol. The van der Waals surface area contributed by atoms with Crippen molar-refractivity contribution in [3.05, 3.63) is 54.4 Å². The fourth-order valence-corrected chi connectivity index (χ4v) is 1.21. The summed E-state index contributed by atoms with van der Waals surface area (Å²) in [4.78, 5) is 23.4. The van der Waals surface area contributed by atoms with E-state index in [0.29, 0.717) is 0 Å². The Balaban J connectivity index is 2.12. The second-order valence-corrected chi connectivity index (χ2v) is 3.03. The van der Waals surface area contributed by atoms with E-state index >= 15 is 0 Å². The fraction of sp³-hybridized carbons (Fsp3) is 0.0909. The Morgan fingerprint density at radius 3 is 2.60 bits per heavy atom. The zero-order valence-electron chi connectivity index (χ0n) is 8.00. The molecular weight excluding hydrogens is 190 g/mol. The molecule has 0 aromatic carbocycles. The first-order valence-electron chi connectivity index (χ1n) is 4.55. The summed E-state index contributed by atoms with van der Waals surface area (Å²) >= 11 is 0. The lowest BCUT2D eigenvalue weighted by atomic mass is 10.1. The Bertz CT molecular complexity index is 442. The van der Waals surface area contributed by atoms with E-state index in [1.807, 2.05) is 6.07 Å². The standard InChI is InChI=1S/C11H9N3O/c15-10(11-13-5-2-6-14-11)7-9-3-1-4-12-8-9/h1-6,8H,7H2. The second-order valence-electron chi connectivity index (χ2n) is 3.03. The molecule has 2 heterocycles. The van der Waals surface area contributed by atoms with E-state index in [2.05, 4.69) is 15.0 Å². The van der Waals surface area contributed by atoms with Crippen molar-refractivity contribution in [1.82, 2.24) is 15.0 Å². The number of hydrogen-bond donors (Lipinski definition) is 0. The van der Waals surface area contributed by atoms with E-state index < -0.39 is 0 Å². The summed E-state index contributed by atoms with van der Waals surface area (Å²) in [7, 11) is 0. The lowest BCUT2D eigenvalue weighted by Crippen LogP contribution is -2.07. The molecule has 0 saturated heterocycles. The van der Waals surface area contributed by atoms with Gasteiger partial charge in [-0.05, 0) is 17.7 Å². The lowest BCUT2D eigenvalue weighted by Gasteiger charge is -1.98. The van der Waals surface area contributed by atoms with E-state index in [9.17, 15) is 4.79 Å². The molecule has 0 unspecified atom stereocenters. The maximum absolute atomic E-state index is 11.7. The van der Waals surface area contributed by atoms with Crippen LogP contribution in [0.15, 0.2) is 43.0 Å². The van der Waals surface area contributed by atoms with Crippen molar-refractivity contribution in [2.24, 2.45) is 0 Å². The molecule has 0 radical (unpaired) electrons. The third-order valence-electron chi connectivity index (χ3n) is 1.90. The van der Waals surface area contributed by atoms with Gasteiger partial charge in [0, 0.05) is 31.2 Å². The molecule has 15 heavy (non-hydrogen) atoms. The summed E-state index contributed by atoms with van der Waals surface area (Å²) in [6.45, 7) is 0. The highest BCUT2D eigenvalue weighted by Gasteiger charge is 2.08.